The second kappa shape index (κ2) is 6.33. The Morgan fingerprint density at radius 1 is 1.35 bits per heavy atom. The fourth-order valence-corrected chi connectivity index (χ4v) is 2.31. The van der Waals surface area contributed by atoms with Crippen LogP contribution in [0.25, 0.3) is 0 Å². The highest BCUT2D eigenvalue weighted by Crippen LogP contribution is 2.17. The van der Waals surface area contributed by atoms with E-state index >= 15 is 0 Å². The van der Waals surface area contributed by atoms with Crippen molar-refractivity contribution in [3.63, 3.8) is 0 Å². The number of rotatable bonds is 5. The van der Waals surface area contributed by atoms with Gasteiger partial charge in [-0.15, -0.1) is 10.2 Å². The van der Waals surface area contributed by atoms with Crippen LogP contribution < -0.4 is 5.32 Å². The molecule has 0 unspecified atom stereocenters. The van der Waals surface area contributed by atoms with Gasteiger partial charge in [0.1, 0.15) is 6.33 Å². The molecule has 104 valence electrons. The third-order valence-electron chi connectivity index (χ3n) is 2.58. The second-order valence-corrected chi connectivity index (χ2v) is 5.11. The maximum absolute atomic E-state index is 11.9. The molecule has 0 aliphatic heterocycles. The molecule has 0 fully saturated rings. The van der Waals surface area contributed by atoms with Crippen LogP contribution in [0.2, 0.25) is 0 Å². The molecule has 1 amide bonds. The van der Waals surface area contributed by atoms with Gasteiger partial charge in [0.2, 0.25) is 5.91 Å². The molecule has 2 rings (SSSR count). The van der Waals surface area contributed by atoms with E-state index in [0.717, 1.165) is 0 Å². The van der Waals surface area contributed by atoms with Gasteiger partial charge in [-0.25, -0.2) is 0 Å². The van der Waals surface area contributed by atoms with Crippen LogP contribution in [0, 0.1) is 0 Å². The summed E-state index contributed by atoms with van der Waals surface area (Å²) in [6.07, 6.45) is 1.57. The van der Waals surface area contributed by atoms with Gasteiger partial charge < -0.3 is 9.88 Å². The molecule has 1 aromatic heterocycles. The quantitative estimate of drug-likeness (QED) is 0.670. The number of para-hydroxylation sites is 1. The zero-order valence-electron chi connectivity index (χ0n) is 11.2. The molecule has 1 N–H and O–H groups in total. The monoisotopic (exact) mass is 290 g/mol. The van der Waals surface area contributed by atoms with Gasteiger partial charge in [0.05, 0.1) is 11.4 Å². The van der Waals surface area contributed by atoms with Crippen LogP contribution in [-0.2, 0) is 11.8 Å². The maximum Gasteiger partial charge on any atom is 0.234 e. The van der Waals surface area contributed by atoms with Crippen LogP contribution in [-0.4, -0.2) is 32.2 Å². The molecule has 0 aliphatic rings. The minimum Gasteiger partial charge on any atom is -0.325 e. The summed E-state index contributed by atoms with van der Waals surface area (Å²) in [7, 11) is 1.81. The standard InChI is InChI=1S/C13H14N4O2S/c1-9(18)10-5-3-4-6-11(10)15-12(19)7-20-13-16-14-8-17(13)2/h3-6,8H,7H2,1-2H3,(H,15,19). The topological polar surface area (TPSA) is 76.9 Å². The van der Waals surface area contributed by atoms with Gasteiger partial charge in [-0.3, -0.25) is 9.59 Å². The number of hydrogen-bond donors (Lipinski definition) is 1. The number of ketones is 1. The molecule has 0 radical (unpaired) electrons. The molecular formula is C13H14N4O2S. The zero-order chi connectivity index (χ0) is 14.5. The fourth-order valence-electron chi connectivity index (χ4n) is 1.62. The zero-order valence-corrected chi connectivity index (χ0v) is 12.0. The van der Waals surface area contributed by atoms with Gasteiger partial charge in [-0.2, -0.15) is 0 Å². The average Bonchev–Trinajstić information content (AvgIpc) is 2.82. The first kappa shape index (κ1) is 14.3. The number of aryl methyl sites for hydroxylation is 1. The van der Waals surface area contributed by atoms with Crippen molar-refractivity contribution in [1.29, 1.82) is 0 Å². The van der Waals surface area contributed by atoms with Crippen LogP contribution in [0.1, 0.15) is 17.3 Å². The van der Waals surface area contributed by atoms with Crippen LogP contribution in [0.4, 0.5) is 5.69 Å². The molecule has 0 bridgehead atoms. The normalized spacial score (nSPS) is 10.3. The Kier molecular flexibility index (Phi) is 4.52. The average molecular weight is 290 g/mol. The van der Waals surface area contributed by atoms with Crippen LogP contribution >= 0.6 is 11.8 Å². The fraction of sp³-hybridized carbons (Fsp3) is 0.231. The lowest BCUT2D eigenvalue weighted by atomic mass is 10.1. The van der Waals surface area contributed by atoms with E-state index < -0.39 is 0 Å². The predicted molar refractivity (Wildman–Crippen MR) is 76.8 cm³/mol. The summed E-state index contributed by atoms with van der Waals surface area (Å²) >= 11 is 1.29. The molecule has 0 aliphatic carbocycles. The molecule has 0 atom stereocenters. The van der Waals surface area contributed by atoms with E-state index in [0.29, 0.717) is 16.4 Å². The number of thioether (sulfide) groups is 1. The van der Waals surface area contributed by atoms with Crippen LogP contribution in [0.3, 0.4) is 0 Å². The predicted octanol–water partition coefficient (Wildman–Crippen LogP) is 1.75. The highest BCUT2D eigenvalue weighted by molar-refractivity contribution is 7.99. The molecule has 1 aromatic carbocycles. The third kappa shape index (κ3) is 3.45. The SMILES string of the molecule is CC(=O)c1ccccc1NC(=O)CSc1nncn1C. The van der Waals surface area contributed by atoms with Crippen molar-refractivity contribution >= 4 is 29.1 Å². The van der Waals surface area contributed by atoms with E-state index in [1.165, 1.54) is 18.7 Å². The Morgan fingerprint density at radius 2 is 2.10 bits per heavy atom. The summed E-state index contributed by atoms with van der Waals surface area (Å²) < 4.78 is 1.74. The summed E-state index contributed by atoms with van der Waals surface area (Å²) in [5, 5.41) is 11.0. The van der Waals surface area contributed by atoms with Crippen LogP contribution in [0.15, 0.2) is 35.7 Å². The number of Topliss-reactive ketones (excluding diaryl/α,β-unsaturated/α-hetero) is 1. The van der Waals surface area contributed by atoms with E-state index in [1.54, 1.807) is 35.2 Å². The number of amides is 1. The van der Waals surface area contributed by atoms with Crippen molar-refractivity contribution < 1.29 is 9.59 Å². The lowest BCUT2D eigenvalue weighted by Gasteiger charge is -2.08. The van der Waals surface area contributed by atoms with E-state index in [9.17, 15) is 9.59 Å². The smallest absolute Gasteiger partial charge is 0.234 e. The van der Waals surface area contributed by atoms with Crippen molar-refractivity contribution in [3.05, 3.63) is 36.2 Å². The summed E-state index contributed by atoms with van der Waals surface area (Å²) in [6.45, 7) is 1.47. The first-order valence-electron chi connectivity index (χ1n) is 5.94. The molecule has 0 saturated heterocycles. The first-order chi connectivity index (χ1) is 9.58. The minimum atomic E-state index is -0.188. The van der Waals surface area contributed by atoms with Crippen molar-refractivity contribution in [2.75, 3.05) is 11.1 Å². The largest absolute Gasteiger partial charge is 0.325 e. The number of anilines is 1. The van der Waals surface area contributed by atoms with Gasteiger partial charge >= 0.3 is 0 Å². The molecule has 7 heteroatoms. The minimum absolute atomic E-state index is 0.0816. The lowest BCUT2D eigenvalue weighted by Crippen LogP contribution is -2.16. The highest BCUT2D eigenvalue weighted by Gasteiger charge is 2.11. The van der Waals surface area contributed by atoms with E-state index in [4.69, 9.17) is 0 Å². The molecule has 0 spiro atoms. The summed E-state index contributed by atoms with van der Waals surface area (Å²) in [4.78, 5) is 23.4. The Hall–Kier alpha value is -2.15. The van der Waals surface area contributed by atoms with E-state index in [-0.39, 0.29) is 17.4 Å². The van der Waals surface area contributed by atoms with Crippen LogP contribution in [0.5, 0.6) is 0 Å². The number of carbonyl (C=O) groups is 2. The molecule has 6 nitrogen and oxygen atoms in total. The summed E-state index contributed by atoms with van der Waals surface area (Å²) in [5.74, 6) is -0.0627. The first-order valence-corrected chi connectivity index (χ1v) is 6.93. The molecule has 2 aromatic rings. The van der Waals surface area contributed by atoms with Gasteiger partial charge in [0.15, 0.2) is 10.9 Å². The van der Waals surface area contributed by atoms with E-state index in [2.05, 4.69) is 15.5 Å². The number of nitrogens with zero attached hydrogens (tertiary/aromatic N) is 3. The maximum atomic E-state index is 11.9. The van der Waals surface area contributed by atoms with Gasteiger partial charge in [0, 0.05) is 12.6 Å². The summed E-state index contributed by atoms with van der Waals surface area (Å²) in [5.41, 5.74) is 1.04. The van der Waals surface area contributed by atoms with Gasteiger partial charge in [0.25, 0.3) is 0 Å². The van der Waals surface area contributed by atoms with E-state index in [1.807, 2.05) is 7.05 Å². The molecule has 20 heavy (non-hydrogen) atoms. The van der Waals surface area contributed by atoms with Crippen molar-refractivity contribution in [2.24, 2.45) is 7.05 Å². The molecule has 1 heterocycles. The number of benzene rings is 1. The lowest BCUT2D eigenvalue weighted by molar-refractivity contribution is -0.113. The third-order valence-corrected chi connectivity index (χ3v) is 3.62. The van der Waals surface area contributed by atoms with Crippen molar-refractivity contribution in [2.45, 2.75) is 12.1 Å². The number of nitrogens with one attached hydrogen (secondary N) is 1. The molecular weight excluding hydrogens is 276 g/mol. The Labute approximate surface area is 120 Å². The number of carbonyl (C=O) groups excluding carboxylic acids is 2. The highest BCUT2D eigenvalue weighted by atomic mass is 32.2. The Balaban J connectivity index is 1.98. The van der Waals surface area contributed by atoms with Gasteiger partial charge in [-0.05, 0) is 19.1 Å². The second-order valence-electron chi connectivity index (χ2n) is 4.16. The van der Waals surface area contributed by atoms with Crippen molar-refractivity contribution in [1.82, 2.24) is 14.8 Å². The van der Waals surface area contributed by atoms with Crippen molar-refractivity contribution in [3.8, 4) is 0 Å². The molecule has 0 saturated carbocycles. The number of hydrogen-bond acceptors (Lipinski definition) is 5. The Morgan fingerprint density at radius 3 is 2.75 bits per heavy atom. The Bertz CT molecular complexity index is 639. The van der Waals surface area contributed by atoms with Gasteiger partial charge in [-0.1, -0.05) is 23.9 Å². The summed E-state index contributed by atoms with van der Waals surface area (Å²) in [6, 6.07) is 6.94. The number of aromatic nitrogens is 3.